The molecule has 6 heteroatoms. The minimum absolute atomic E-state index is 0.0222. The second-order valence-corrected chi connectivity index (χ2v) is 5.61. The predicted octanol–water partition coefficient (Wildman–Crippen LogP) is 1.76. The number of carbonyl (C=O) groups is 1. The van der Waals surface area contributed by atoms with Crippen molar-refractivity contribution in [3.8, 4) is 11.3 Å². The van der Waals surface area contributed by atoms with Gasteiger partial charge in [0.05, 0.1) is 24.8 Å². The average Bonchev–Trinajstić information content (AvgIpc) is 3.20. The van der Waals surface area contributed by atoms with Crippen LogP contribution < -0.4 is 5.32 Å². The highest BCUT2D eigenvalue weighted by Crippen LogP contribution is 2.19. The molecular formula is C14H17N3O2S. The zero-order valence-corrected chi connectivity index (χ0v) is 11.9. The third kappa shape index (κ3) is 3.08. The van der Waals surface area contributed by atoms with E-state index in [0.717, 1.165) is 17.7 Å². The van der Waals surface area contributed by atoms with E-state index in [-0.39, 0.29) is 11.8 Å². The molecule has 20 heavy (non-hydrogen) atoms. The number of carbonyl (C=O) groups excluding carboxylic acids is 1. The first kappa shape index (κ1) is 13.3. The van der Waals surface area contributed by atoms with Crippen LogP contribution in [0.15, 0.2) is 29.1 Å². The molecule has 1 unspecified atom stereocenters. The van der Waals surface area contributed by atoms with Gasteiger partial charge in [-0.05, 0) is 23.9 Å². The van der Waals surface area contributed by atoms with E-state index >= 15 is 0 Å². The summed E-state index contributed by atoms with van der Waals surface area (Å²) in [5.41, 5.74) is 2.11. The van der Waals surface area contributed by atoms with Crippen LogP contribution in [0.5, 0.6) is 0 Å². The highest BCUT2D eigenvalue weighted by atomic mass is 32.1. The van der Waals surface area contributed by atoms with Gasteiger partial charge in [0, 0.05) is 30.3 Å². The number of thiophene rings is 1. The first-order valence-electron chi connectivity index (χ1n) is 6.74. The molecular weight excluding hydrogens is 274 g/mol. The third-order valence-electron chi connectivity index (χ3n) is 3.40. The number of hydrogen-bond donors (Lipinski definition) is 1. The topological polar surface area (TPSA) is 56.2 Å². The van der Waals surface area contributed by atoms with Crippen LogP contribution in [0, 0.1) is 5.92 Å². The molecule has 5 nitrogen and oxygen atoms in total. The van der Waals surface area contributed by atoms with Crippen molar-refractivity contribution in [1.29, 1.82) is 0 Å². The van der Waals surface area contributed by atoms with E-state index in [1.165, 1.54) is 0 Å². The minimum Gasteiger partial charge on any atom is -0.381 e. The summed E-state index contributed by atoms with van der Waals surface area (Å²) in [4.78, 5) is 11.8. The molecule has 1 aliphatic heterocycles. The quantitative estimate of drug-likeness (QED) is 0.913. The molecule has 0 spiro atoms. The molecule has 3 heterocycles. The van der Waals surface area contributed by atoms with Crippen LogP contribution in [-0.4, -0.2) is 35.4 Å². The molecule has 1 atom stereocenters. The summed E-state index contributed by atoms with van der Waals surface area (Å²) < 4.78 is 7.07. The van der Waals surface area contributed by atoms with Crippen molar-refractivity contribution < 1.29 is 9.53 Å². The van der Waals surface area contributed by atoms with Crippen LogP contribution in [0.2, 0.25) is 0 Å². The number of ether oxygens (including phenoxy) is 1. The SMILES string of the molecule is O=C(NCCn1ccc(-c2ccsc2)n1)C1CCOC1. The Morgan fingerprint density at radius 1 is 1.55 bits per heavy atom. The van der Waals surface area contributed by atoms with Gasteiger partial charge in [0.15, 0.2) is 0 Å². The van der Waals surface area contributed by atoms with Gasteiger partial charge in [-0.25, -0.2) is 0 Å². The molecule has 3 rings (SSSR count). The van der Waals surface area contributed by atoms with Crippen LogP contribution in [0.1, 0.15) is 6.42 Å². The van der Waals surface area contributed by atoms with Crippen molar-refractivity contribution in [2.75, 3.05) is 19.8 Å². The van der Waals surface area contributed by atoms with Gasteiger partial charge in [0.2, 0.25) is 5.91 Å². The van der Waals surface area contributed by atoms with E-state index in [4.69, 9.17) is 4.74 Å². The number of nitrogens with zero attached hydrogens (tertiary/aromatic N) is 2. The zero-order valence-electron chi connectivity index (χ0n) is 11.1. The highest BCUT2D eigenvalue weighted by molar-refractivity contribution is 7.08. The fourth-order valence-electron chi connectivity index (χ4n) is 2.23. The van der Waals surface area contributed by atoms with Gasteiger partial charge in [-0.3, -0.25) is 9.48 Å². The third-order valence-corrected chi connectivity index (χ3v) is 4.08. The van der Waals surface area contributed by atoms with Gasteiger partial charge in [0.1, 0.15) is 0 Å². The van der Waals surface area contributed by atoms with Crippen molar-refractivity contribution in [3.63, 3.8) is 0 Å². The Balaban J connectivity index is 1.48. The Hall–Kier alpha value is -1.66. The van der Waals surface area contributed by atoms with Gasteiger partial charge in [-0.2, -0.15) is 16.4 Å². The molecule has 0 saturated carbocycles. The summed E-state index contributed by atoms with van der Waals surface area (Å²) in [6.45, 7) is 2.53. The van der Waals surface area contributed by atoms with Crippen LogP contribution in [-0.2, 0) is 16.1 Å². The van der Waals surface area contributed by atoms with Gasteiger partial charge < -0.3 is 10.1 Å². The Morgan fingerprint density at radius 2 is 2.50 bits per heavy atom. The number of amides is 1. The largest absolute Gasteiger partial charge is 0.381 e. The first-order chi connectivity index (χ1) is 9.83. The standard InChI is InChI=1S/C14H17N3O2S/c18-14(11-2-7-19-9-11)15-4-6-17-5-1-13(16-17)12-3-8-20-10-12/h1,3,5,8,10-11H,2,4,6-7,9H2,(H,15,18). The maximum atomic E-state index is 11.8. The lowest BCUT2D eigenvalue weighted by molar-refractivity contribution is -0.124. The zero-order chi connectivity index (χ0) is 13.8. The van der Waals surface area contributed by atoms with Crippen molar-refractivity contribution in [2.45, 2.75) is 13.0 Å². The number of aromatic nitrogens is 2. The average molecular weight is 291 g/mol. The molecule has 2 aromatic heterocycles. The molecule has 1 N–H and O–H groups in total. The van der Waals surface area contributed by atoms with Crippen molar-refractivity contribution >= 4 is 17.2 Å². The van der Waals surface area contributed by atoms with Gasteiger partial charge in [-0.15, -0.1) is 0 Å². The molecule has 0 aliphatic carbocycles. The van der Waals surface area contributed by atoms with Crippen LogP contribution in [0.25, 0.3) is 11.3 Å². The normalized spacial score (nSPS) is 18.3. The summed E-state index contributed by atoms with van der Waals surface area (Å²) in [5, 5.41) is 11.6. The second kappa shape index (κ2) is 6.19. The van der Waals surface area contributed by atoms with Crippen LogP contribution in [0.3, 0.4) is 0 Å². The molecule has 0 bridgehead atoms. The monoisotopic (exact) mass is 291 g/mol. The van der Waals surface area contributed by atoms with E-state index in [0.29, 0.717) is 26.3 Å². The molecule has 2 aromatic rings. The summed E-state index contributed by atoms with van der Waals surface area (Å²) in [5.74, 6) is 0.113. The van der Waals surface area contributed by atoms with Crippen molar-refractivity contribution in [1.82, 2.24) is 15.1 Å². The lowest BCUT2D eigenvalue weighted by Gasteiger charge is -2.09. The second-order valence-electron chi connectivity index (χ2n) is 4.83. The molecule has 1 fully saturated rings. The summed E-state index contributed by atoms with van der Waals surface area (Å²) >= 11 is 1.66. The maximum absolute atomic E-state index is 11.8. The fraction of sp³-hybridized carbons (Fsp3) is 0.429. The maximum Gasteiger partial charge on any atom is 0.225 e. The van der Waals surface area contributed by atoms with E-state index in [9.17, 15) is 4.79 Å². The predicted molar refractivity (Wildman–Crippen MR) is 77.5 cm³/mol. The first-order valence-corrected chi connectivity index (χ1v) is 7.69. The molecule has 1 aliphatic rings. The van der Waals surface area contributed by atoms with Gasteiger partial charge in [0.25, 0.3) is 0 Å². The lowest BCUT2D eigenvalue weighted by atomic mass is 10.1. The molecule has 0 aromatic carbocycles. The van der Waals surface area contributed by atoms with Crippen LogP contribution in [0.4, 0.5) is 0 Å². The molecule has 1 amide bonds. The Bertz CT molecular complexity index is 559. The van der Waals surface area contributed by atoms with E-state index in [1.54, 1.807) is 11.3 Å². The van der Waals surface area contributed by atoms with Crippen molar-refractivity contribution in [2.24, 2.45) is 5.92 Å². The van der Waals surface area contributed by atoms with Crippen molar-refractivity contribution in [3.05, 3.63) is 29.1 Å². The fourth-order valence-corrected chi connectivity index (χ4v) is 2.88. The summed E-state index contributed by atoms with van der Waals surface area (Å²) in [6.07, 6.45) is 2.77. The van der Waals surface area contributed by atoms with Gasteiger partial charge in [-0.1, -0.05) is 0 Å². The van der Waals surface area contributed by atoms with Gasteiger partial charge >= 0.3 is 0 Å². The minimum atomic E-state index is 0.0222. The smallest absolute Gasteiger partial charge is 0.225 e. The Labute approximate surface area is 121 Å². The van der Waals surface area contributed by atoms with Crippen LogP contribution >= 0.6 is 11.3 Å². The van der Waals surface area contributed by atoms with E-state index in [2.05, 4.69) is 21.9 Å². The Kier molecular flexibility index (Phi) is 4.13. The summed E-state index contributed by atoms with van der Waals surface area (Å²) in [6, 6.07) is 4.05. The Morgan fingerprint density at radius 3 is 3.25 bits per heavy atom. The molecule has 106 valence electrons. The lowest BCUT2D eigenvalue weighted by Crippen LogP contribution is -2.33. The highest BCUT2D eigenvalue weighted by Gasteiger charge is 2.22. The number of hydrogen-bond acceptors (Lipinski definition) is 4. The van der Waals surface area contributed by atoms with E-state index in [1.807, 2.05) is 22.3 Å². The molecule has 1 saturated heterocycles. The number of nitrogens with one attached hydrogen (secondary N) is 1. The van der Waals surface area contributed by atoms with E-state index < -0.39 is 0 Å². The molecule has 0 radical (unpaired) electrons. The number of rotatable bonds is 5. The summed E-state index contributed by atoms with van der Waals surface area (Å²) in [7, 11) is 0.